The molecule has 1 saturated carbocycles. The van der Waals surface area contributed by atoms with E-state index in [1.54, 1.807) is 0 Å². The molecular weight excluding hydrogens is 258 g/mol. The minimum atomic E-state index is 0.607. The van der Waals surface area contributed by atoms with Gasteiger partial charge in [0.15, 0.2) is 0 Å². The molecule has 0 spiro atoms. The molecule has 0 saturated heterocycles. The molecule has 0 radical (unpaired) electrons. The van der Waals surface area contributed by atoms with Crippen LogP contribution in [0.3, 0.4) is 0 Å². The lowest BCUT2D eigenvalue weighted by Crippen LogP contribution is -2.28. The van der Waals surface area contributed by atoms with Crippen molar-refractivity contribution >= 4 is 0 Å². The number of aryl methyl sites for hydroxylation is 1. The second-order valence-corrected chi connectivity index (χ2v) is 6.74. The van der Waals surface area contributed by atoms with E-state index in [-0.39, 0.29) is 0 Å². The number of rotatable bonds is 4. The summed E-state index contributed by atoms with van der Waals surface area (Å²) in [5.41, 5.74) is 4.02. The predicted octanol–water partition coefficient (Wildman–Crippen LogP) is 3.76. The molecule has 0 atom stereocenters. The molecule has 1 aromatic rings. The third-order valence-electron chi connectivity index (χ3n) is 5.28. The van der Waals surface area contributed by atoms with E-state index >= 15 is 0 Å². The van der Waals surface area contributed by atoms with Gasteiger partial charge in [0.2, 0.25) is 0 Å². The third-order valence-corrected chi connectivity index (χ3v) is 5.28. The molecule has 0 bridgehead atoms. The monoisotopic (exact) mass is 287 g/mol. The highest BCUT2D eigenvalue weighted by Crippen LogP contribution is 2.36. The quantitative estimate of drug-likeness (QED) is 0.916. The summed E-state index contributed by atoms with van der Waals surface area (Å²) in [6.45, 7) is 6.54. The Balaban J connectivity index is 1.77. The van der Waals surface area contributed by atoms with Gasteiger partial charge in [-0.3, -0.25) is 0 Å². The lowest BCUT2D eigenvalue weighted by Gasteiger charge is -2.29. The molecule has 1 aliphatic carbocycles. The SMILES string of the molecule is CCCC1CCC(c2nc(CC)c3c(n2)CNCC3)CC1. The zero-order valence-corrected chi connectivity index (χ0v) is 13.6. The second-order valence-electron chi connectivity index (χ2n) is 6.74. The molecule has 3 rings (SSSR count). The lowest BCUT2D eigenvalue weighted by molar-refractivity contribution is 0.301. The van der Waals surface area contributed by atoms with Gasteiger partial charge in [-0.15, -0.1) is 0 Å². The van der Waals surface area contributed by atoms with E-state index < -0.39 is 0 Å². The first kappa shape index (κ1) is 15.0. The Morgan fingerprint density at radius 3 is 2.62 bits per heavy atom. The van der Waals surface area contributed by atoms with Crippen LogP contribution in [0.2, 0.25) is 0 Å². The van der Waals surface area contributed by atoms with E-state index in [0.717, 1.165) is 37.7 Å². The third kappa shape index (κ3) is 3.28. The van der Waals surface area contributed by atoms with Gasteiger partial charge in [-0.1, -0.05) is 26.7 Å². The maximum Gasteiger partial charge on any atom is 0.132 e. The van der Waals surface area contributed by atoms with Crippen molar-refractivity contribution in [1.29, 1.82) is 0 Å². The van der Waals surface area contributed by atoms with E-state index in [1.807, 2.05) is 0 Å². The second kappa shape index (κ2) is 6.87. The van der Waals surface area contributed by atoms with Gasteiger partial charge >= 0.3 is 0 Å². The van der Waals surface area contributed by atoms with Gasteiger partial charge in [0.05, 0.1) is 5.69 Å². The summed E-state index contributed by atoms with van der Waals surface area (Å²) in [5, 5.41) is 3.46. The summed E-state index contributed by atoms with van der Waals surface area (Å²) in [6.07, 6.45) is 10.2. The molecule has 0 aromatic carbocycles. The van der Waals surface area contributed by atoms with Gasteiger partial charge in [-0.05, 0) is 56.6 Å². The van der Waals surface area contributed by atoms with Gasteiger partial charge in [0.25, 0.3) is 0 Å². The minimum Gasteiger partial charge on any atom is -0.311 e. The smallest absolute Gasteiger partial charge is 0.132 e. The minimum absolute atomic E-state index is 0.607. The lowest BCUT2D eigenvalue weighted by atomic mass is 9.79. The topological polar surface area (TPSA) is 37.8 Å². The molecule has 21 heavy (non-hydrogen) atoms. The van der Waals surface area contributed by atoms with Crippen LogP contribution < -0.4 is 5.32 Å². The largest absolute Gasteiger partial charge is 0.311 e. The molecule has 1 aromatic heterocycles. The van der Waals surface area contributed by atoms with Gasteiger partial charge < -0.3 is 5.32 Å². The van der Waals surface area contributed by atoms with Crippen molar-refractivity contribution in [2.24, 2.45) is 5.92 Å². The maximum atomic E-state index is 4.96. The Bertz CT molecular complexity index is 458. The average molecular weight is 287 g/mol. The first-order valence-electron chi connectivity index (χ1n) is 8.91. The molecular formula is C18H29N3. The van der Waals surface area contributed by atoms with E-state index in [9.17, 15) is 0 Å². The Morgan fingerprint density at radius 1 is 1.10 bits per heavy atom. The molecule has 1 aliphatic heterocycles. The molecule has 2 aliphatic rings. The van der Waals surface area contributed by atoms with Crippen molar-refractivity contribution in [1.82, 2.24) is 15.3 Å². The number of hydrogen-bond acceptors (Lipinski definition) is 3. The van der Waals surface area contributed by atoms with E-state index in [0.29, 0.717) is 5.92 Å². The van der Waals surface area contributed by atoms with Gasteiger partial charge in [-0.2, -0.15) is 0 Å². The summed E-state index contributed by atoms with van der Waals surface area (Å²) in [7, 11) is 0. The molecule has 0 amide bonds. The normalized spacial score (nSPS) is 25.6. The highest BCUT2D eigenvalue weighted by molar-refractivity contribution is 5.29. The van der Waals surface area contributed by atoms with Crippen LogP contribution >= 0.6 is 0 Å². The molecule has 1 N–H and O–H groups in total. The first-order valence-corrected chi connectivity index (χ1v) is 8.91. The summed E-state index contributed by atoms with van der Waals surface area (Å²) in [6, 6.07) is 0. The molecule has 0 unspecified atom stereocenters. The van der Waals surface area contributed by atoms with E-state index in [2.05, 4.69) is 19.2 Å². The van der Waals surface area contributed by atoms with Crippen molar-refractivity contribution in [3.63, 3.8) is 0 Å². The van der Waals surface area contributed by atoms with Crippen molar-refractivity contribution < 1.29 is 0 Å². The zero-order chi connectivity index (χ0) is 14.7. The van der Waals surface area contributed by atoms with Crippen LogP contribution in [-0.4, -0.2) is 16.5 Å². The Morgan fingerprint density at radius 2 is 1.90 bits per heavy atom. The zero-order valence-electron chi connectivity index (χ0n) is 13.6. The number of nitrogens with zero attached hydrogens (tertiary/aromatic N) is 2. The van der Waals surface area contributed by atoms with Crippen molar-refractivity contribution in [2.75, 3.05) is 6.54 Å². The van der Waals surface area contributed by atoms with Gasteiger partial charge in [0.1, 0.15) is 5.82 Å². The number of hydrogen-bond donors (Lipinski definition) is 1. The average Bonchev–Trinajstić information content (AvgIpc) is 2.55. The fourth-order valence-corrected chi connectivity index (χ4v) is 4.05. The van der Waals surface area contributed by atoms with Crippen LogP contribution in [0.4, 0.5) is 0 Å². The van der Waals surface area contributed by atoms with Gasteiger partial charge in [0, 0.05) is 18.2 Å². The number of nitrogens with one attached hydrogen (secondary N) is 1. The fraction of sp³-hybridized carbons (Fsp3) is 0.778. The Labute approximate surface area is 129 Å². The van der Waals surface area contributed by atoms with E-state index in [1.165, 1.54) is 55.5 Å². The first-order chi connectivity index (χ1) is 10.3. The number of fused-ring (bicyclic) bond motifs is 1. The van der Waals surface area contributed by atoms with Crippen molar-refractivity contribution in [3.05, 3.63) is 22.8 Å². The Kier molecular flexibility index (Phi) is 4.89. The molecule has 3 heteroatoms. The molecule has 2 heterocycles. The van der Waals surface area contributed by atoms with Crippen LogP contribution in [0.5, 0.6) is 0 Å². The summed E-state index contributed by atoms with van der Waals surface area (Å²) >= 11 is 0. The molecule has 1 fully saturated rings. The van der Waals surface area contributed by atoms with Crippen LogP contribution in [-0.2, 0) is 19.4 Å². The maximum absolute atomic E-state index is 4.96. The van der Waals surface area contributed by atoms with E-state index in [4.69, 9.17) is 9.97 Å². The van der Waals surface area contributed by atoms with Crippen LogP contribution in [0.1, 0.15) is 81.1 Å². The van der Waals surface area contributed by atoms with Crippen molar-refractivity contribution in [3.8, 4) is 0 Å². The van der Waals surface area contributed by atoms with Crippen LogP contribution in [0.25, 0.3) is 0 Å². The Hall–Kier alpha value is -0.960. The summed E-state index contributed by atoms with van der Waals surface area (Å²) in [5.74, 6) is 2.70. The highest BCUT2D eigenvalue weighted by atomic mass is 15.0. The highest BCUT2D eigenvalue weighted by Gasteiger charge is 2.26. The van der Waals surface area contributed by atoms with Crippen LogP contribution in [0.15, 0.2) is 0 Å². The van der Waals surface area contributed by atoms with Gasteiger partial charge in [-0.25, -0.2) is 9.97 Å². The molecule has 116 valence electrons. The molecule has 3 nitrogen and oxygen atoms in total. The van der Waals surface area contributed by atoms with Crippen molar-refractivity contribution in [2.45, 2.75) is 77.7 Å². The summed E-state index contributed by atoms with van der Waals surface area (Å²) in [4.78, 5) is 9.90. The van der Waals surface area contributed by atoms with Crippen LogP contribution in [0, 0.1) is 5.92 Å². The fourth-order valence-electron chi connectivity index (χ4n) is 4.05. The predicted molar refractivity (Wildman–Crippen MR) is 86.4 cm³/mol. The standard InChI is InChI=1S/C18H29N3/c1-3-5-13-6-8-14(9-7-13)18-20-16(4-2)15-10-11-19-12-17(15)21-18/h13-14,19H,3-12H2,1-2H3. The number of aromatic nitrogens is 2. The summed E-state index contributed by atoms with van der Waals surface area (Å²) < 4.78 is 0.